The van der Waals surface area contributed by atoms with E-state index in [0.717, 1.165) is 17.9 Å². The molecule has 2 aliphatic carbocycles. The summed E-state index contributed by atoms with van der Waals surface area (Å²) in [7, 11) is 0. The predicted molar refractivity (Wildman–Crippen MR) is 44.4 cm³/mol. The van der Waals surface area contributed by atoms with Crippen LogP contribution in [0.3, 0.4) is 0 Å². The fourth-order valence-corrected chi connectivity index (χ4v) is 2.52. The molecule has 0 spiro atoms. The highest BCUT2D eigenvalue weighted by Gasteiger charge is 2.36. The Morgan fingerprint density at radius 3 is 2.55 bits per heavy atom. The molecule has 0 N–H and O–H groups in total. The Morgan fingerprint density at radius 1 is 1.27 bits per heavy atom. The molecule has 2 unspecified atom stereocenters. The van der Waals surface area contributed by atoms with Gasteiger partial charge in [-0.3, -0.25) is 4.79 Å². The number of rotatable bonds is 0. The quantitative estimate of drug-likeness (QED) is 0.546. The van der Waals surface area contributed by atoms with Crippen molar-refractivity contribution in [2.45, 2.75) is 25.7 Å². The minimum absolute atomic E-state index is 0.247. The van der Waals surface area contributed by atoms with Crippen molar-refractivity contribution < 1.29 is 4.79 Å². The minimum atomic E-state index is 0.247. The Bertz CT molecular complexity index is 220. The van der Waals surface area contributed by atoms with Gasteiger partial charge in [0.1, 0.15) is 0 Å². The highest BCUT2D eigenvalue weighted by molar-refractivity contribution is 6.32. The maximum Gasteiger partial charge on any atom is 0.160 e. The third-order valence-electron chi connectivity index (χ3n) is 2.77. The summed E-state index contributed by atoms with van der Waals surface area (Å²) in [6, 6.07) is 0. The Balaban J connectivity index is 2.21. The lowest BCUT2D eigenvalue weighted by molar-refractivity contribution is -0.119. The zero-order valence-corrected chi connectivity index (χ0v) is 7.10. The molecule has 1 nitrogen and oxygen atoms in total. The molecule has 2 heteroatoms. The van der Waals surface area contributed by atoms with E-state index in [1.54, 1.807) is 6.08 Å². The van der Waals surface area contributed by atoms with Gasteiger partial charge in [0.2, 0.25) is 0 Å². The van der Waals surface area contributed by atoms with Gasteiger partial charge in [-0.05, 0) is 18.9 Å². The molecule has 0 bridgehead atoms. The third-order valence-corrected chi connectivity index (χ3v) is 3.16. The van der Waals surface area contributed by atoms with Crippen LogP contribution in [0.15, 0.2) is 11.1 Å². The van der Waals surface area contributed by atoms with E-state index < -0.39 is 0 Å². The van der Waals surface area contributed by atoms with Crippen LogP contribution in [-0.2, 0) is 4.79 Å². The SMILES string of the molecule is O=C1C=C(Cl)C2CCCCC12. The Kier molecular flexibility index (Phi) is 1.76. The van der Waals surface area contributed by atoms with Crippen molar-refractivity contribution in [3.8, 4) is 0 Å². The maximum atomic E-state index is 11.3. The molecule has 0 aromatic carbocycles. The molecular weight excluding hydrogens is 160 g/mol. The molecule has 2 aliphatic rings. The summed E-state index contributed by atoms with van der Waals surface area (Å²) in [6.45, 7) is 0. The molecule has 2 rings (SSSR count). The van der Waals surface area contributed by atoms with Gasteiger partial charge >= 0.3 is 0 Å². The predicted octanol–water partition coefficient (Wildman–Crippen LogP) is 2.50. The Hall–Kier alpha value is -0.300. The lowest BCUT2D eigenvalue weighted by Gasteiger charge is -2.24. The fraction of sp³-hybridized carbons (Fsp3) is 0.667. The summed E-state index contributed by atoms with van der Waals surface area (Å²) in [4.78, 5) is 11.3. The number of hydrogen-bond donors (Lipinski definition) is 0. The molecule has 0 radical (unpaired) electrons. The van der Waals surface area contributed by atoms with Crippen LogP contribution in [0.5, 0.6) is 0 Å². The zero-order chi connectivity index (χ0) is 7.84. The molecule has 0 saturated heterocycles. The molecule has 1 fully saturated rings. The normalized spacial score (nSPS) is 36.8. The zero-order valence-electron chi connectivity index (χ0n) is 6.35. The Morgan fingerprint density at radius 2 is 1.91 bits per heavy atom. The minimum Gasteiger partial charge on any atom is -0.294 e. The molecule has 0 amide bonds. The van der Waals surface area contributed by atoms with E-state index in [-0.39, 0.29) is 11.7 Å². The molecule has 0 heterocycles. The molecule has 60 valence electrons. The van der Waals surface area contributed by atoms with Crippen molar-refractivity contribution in [1.82, 2.24) is 0 Å². The number of halogens is 1. The topological polar surface area (TPSA) is 17.1 Å². The van der Waals surface area contributed by atoms with Gasteiger partial charge in [-0.1, -0.05) is 24.4 Å². The summed E-state index contributed by atoms with van der Waals surface area (Å²) in [5.41, 5.74) is 0. The van der Waals surface area contributed by atoms with E-state index in [2.05, 4.69) is 0 Å². The molecule has 2 atom stereocenters. The van der Waals surface area contributed by atoms with Crippen LogP contribution in [0.25, 0.3) is 0 Å². The fourth-order valence-electron chi connectivity index (χ4n) is 2.15. The van der Waals surface area contributed by atoms with Crippen molar-refractivity contribution in [2.24, 2.45) is 11.8 Å². The standard InChI is InChI=1S/C9H11ClO/c10-8-5-9(11)7-4-2-1-3-6(7)8/h5-7H,1-4H2. The number of allylic oxidation sites excluding steroid dienone is 2. The van der Waals surface area contributed by atoms with Gasteiger partial charge in [-0.2, -0.15) is 0 Å². The first-order valence-electron chi connectivity index (χ1n) is 4.20. The van der Waals surface area contributed by atoms with Crippen LogP contribution in [0.1, 0.15) is 25.7 Å². The highest BCUT2D eigenvalue weighted by Crippen LogP contribution is 2.41. The highest BCUT2D eigenvalue weighted by atomic mass is 35.5. The second-order valence-corrected chi connectivity index (χ2v) is 3.87. The summed E-state index contributed by atoms with van der Waals surface area (Å²) in [5.74, 6) is 0.897. The Labute approximate surface area is 71.4 Å². The number of fused-ring (bicyclic) bond motifs is 1. The summed E-state index contributed by atoms with van der Waals surface area (Å²) in [5, 5.41) is 0.805. The monoisotopic (exact) mass is 170 g/mol. The van der Waals surface area contributed by atoms with Crippen molar-refractivity contribution in [1.29, 1.82) is 0 Å². The van der Waals surface area contributed by atoms with Crippen LogP contribution in [0.2, 0.25) is 0 Å². The maximum absolute atomic E-state index is 11.3. The number of carbonyl (C=O) groups excluding carboxylic acids is 1. The van der Waals surface area contributed by atoms with Crippen LogP contribution < -0.4 is 0 Å². The second-order valence-electron chi connectivity index (χ2n) is 3.43. The number of ketones is 1. The van der Waals surface area contributed by atoms with Crippen LogP contribution >= 0.6 is 11.6 Å². The summed E-state index contributed by atoms with van der Waals surface area (Å²) < 4.78 is 0. The van der Waals surface area contributed by atoms with Crippen molar-refractivity contribution >= 4 is 17.4 Å². The van der Waals surface area contributed by atoms with Crippen LogP contribution in [0.4, 0.5) is 0 Å². The van der Waals surface area contributed by atoms with Gasteiger partial charge in [0.05, 0.1) is 0 Å². The van der Waals surface area contributed by atoms with Gasteiger partial charge in [-0.25, -0.2) is 0 Å². The van der Waals surface area contributed by atoms with E-state index in [1.807, 2.05) is 0 Å². The number of carbonyl (C=O) groups is 1. The molecule has 0 aromatic rings. The summed E-state index contributed by atoms with van der Waals surface area (Å²) in [6.07, 6.45) is 6.23. The van der Waals surface area contributed by atoms with E-state index >= 15 is 0 Å². The van der Waals surface area contributed by atoms with Gasteiger partial charge in [-0.15, -0.1) is 0 Å². The van der Waals surface area contributed by atoms with Gasteiger partial charge in [0, 0.05) is 16.9 Å². The van der Waals surface area contributed by atoms with E-state index in [0.29, 0.717) is 5.92 Å². The van der Waals surface area contributed by atoms with Gasteiger partial charge in [0.15, 0.2) is 5.78 Å². The lowest BCUT2D eigenvalue weighted by atomic mass is 9.81. The van der Waals surface area contributed by atoms with Gasteiger partial charge < -0.3 is 0 Å². The second kappa shape index (κ2) is 2.63. The van der Waals surface area contributed by atoms with Crippen LogP contribution in [-0.4, -0.2) is 5.78 Å². The van der Waals surface area contributed by atoms with Crippen molar-refractivity contribution in [3.05, 3.63) is 11.1 Å². The van der Waals surface area contributed by atoms with Gasteiger partial charge in [0.25, 0.3) is 0 Å². The molecule has 0 aromatic heterocycles. The molecular formula is C9H11ClO. The van der Waals surface area contributed by atoms with E-state index in [4.69, 9.17) is 11.6 Å². The largest absolute Gasteiger partial charge is 0.294 e. The third kappa shape index (κ3) is 1.12. The first kappa shape index (κ1) is 7.35. The molecule has 1 saturated carbocycles. The molecule has 0 aliphatic heterocycles. The average molecular weight is 171 g/mol. The van der Waals surface area contributed by atoms with Crippen molar-refractivity contribution in [3.63, 3.8) is 0 Å². The van der Waals surface area contributed by atoms with Crippen molar-refractivity contribution in [2.75, 3.05) is 0 Å². The summed E-state index contributed by atoms with van der Waals surface area (Å²) >= 11 is 5.92. The first-order valence-corrected chi connectivity index (χ1v) is 4.58. The smallest absolute Gasteiger partial charge is 0.160 e. The molecule has 11 heavy (non-hydrogen) atoms. The van der Waals surface area contributed by atoms with E-state index in [9.17, 15) is 4.79 Å². The lowest BCUT2D eigenvalue weighted by Crippen LogP contribution is -2.20. The first-order chi connectivity index (χ1) is 5.29. The van der Waals surface area contributed by atoms with E-state index in [1.165, 1.54) is 12.8 Å². The average Bonchev–Trinajstić information content (AvgIpc) is 2.30. The van der Waals surface area contributed by atoms with Crippen LogP contribution in [0, 0.1) is 11.8 Å². The number of hydrogen-bond acceptors (Lipinski definition) is 1.